The molecule has 0 aliphatic heterocycles. The minimum atomic E-state index is -0.820. The van der Waals surface area contributed by atoms with E-state index in [2.05, 4.69) is 6.92 Å². The molecule has 0 N–H and O–H groups in total. The van der Waals surface area contributed by atoms with Crippen LogP contribution in [0.5, 0.6) is 0 Å². The van der Waals surface area contributed by atoms with Gasteiger partial charge >= 0.3 is 0 Å². The number of aryl methyl sites for hydroxylation is 2. The molecule has 0 spiro atoms. The van der Waals surface area contributed by atoms with E-state index in [0.29, 0.717) is 5.56 Å². The lowest BCUT2D eigenvalue weighted by atomic mass is 9.98. The summed E-state index contributed by atoms with van der Waals surface area (Å²) in [5.41, 5.74) is 1.65. The third-order valence-corrected chi connectivity index (χ3v) is 3.22. The highest BCUT2D eigenvalue weighted by atomic mass is 19.1. The molecule has 0 aromatic heterocycles. The van der Waals surface area contributed by atoms with Gasteiger partial charge < -0.3 is 0 Å². The molecular formula is C17H16F2O. The molecule has 0 saturated carbocycles. The Balaban J connectivity index is 2.41. The molecule has 0 amide bonds. The average molecular weight is 274 g/mol. The van der Waals surface area contributed by atoms with Gasteiger partial charge in [-0.15, -0.1) is 0 Å². The van der Waals surface area contributed by atoms with Crippen LogP contribution in [0, 0.1) is 18.6 Å². The van der Waals surface area contributed by atoms with E-state index in [1.807, 2.05) is 6.07 Å². The summed E-state index contributed by atoms with van der Waals surface area (Å²) in [4.78, 5) is 12.3. The smallest absolute Gasteiger partial charge is 0.195 e. The molecule has 20 heavy (non-hydrogen) atoms. The Morgan fingerprint density at radius 2 is 1.85 bits per heavy atom. The van der Waals surface area contributed by atoms with Crippen LogP contribution in [0.2, 0.25) is 0 Å². The van der Waals surface area contributed by atoms with E-state index in [4.69, 9.17) is 0 Å². The van der Waals surface area contributed by atoms with E-state index >= 15 is 0 Å². The van der Waals surface area contributed by atoms with Crippen molar-refractivity contribution in [3.8, 4) is 0 Å². The second-order valence-electron chi connectivity index (χ2n) is 4.86. The summed E-state index contributed by atoms with van der Waals surface area (Å²) >= 11 is 0. The van der Waals surface area contributed by atoms with Gasteiger partial charge in [-0.1, -0.05) is 31.5 Å². The van der Waals surface area contributed by atoms with E-state index in [1.54, 1.807) is 18.2 Å². The van der Waals surface area contributed by atoms with Gasteiger partial charge in [-0.2, -0.15) is 0 Å². The zero-order chi connectivity index (χ0) is 14.7. The first kappa shape index (κ1) is 14.4. The molecule has 3 heteroatoms. The quantitative estimate of drug-likeness (QED) is 0.752. The minimum Gasteiger partial charge on any atom is -0.288 e. The molecule has 1 nitrogen and oxygen atoms in total. The van der Waals surface area contributed by atoms with Gasteiger partial charge in [0.2, 0.25) is 0 Å². The maximum absolute atomic E-state index is 13.8. The lowest BCUT2D eigenvalue weighted by molar-refractivity contribution is 0.103. The van der Waals surface area contributed by atoms with Gasteiger partial charge in [0.05, 0.1) is 5.56 Å². The molecule has 2 aromatic rings. The lowest BCUT2D eigenvalue weighted by Gasteiger charge is -2.07. The van der Waals surface area contributed by atoms with Crippen LogP contribution in [0.1, 0.15) is 40.4 Å². The Morgan fingerprint density at radius 1 is 1.10 bits per heavy atom. The second kappa shape index (κ2) is 5.95. The van der Waals surface area contributed by atoms with Crippen LogP contribution in [0.4, 0.5) is 8.78 Å². The van der Waals surface area contributed by atoms with Crippen molar-refractivity contribution in [2.24, 2.45) is 0 Å². The fourth-order valence-electron chi connectivity index (χ4n) is 2.14. The molecule has 2 aromatic carbocycles. The summed E-state index contributed by atoms with van der Waals surface area (Å²) in [6.45, 7) is 3.57. The fourth-order valence-corrected chi connectivity index (χ4v) is 2.14. The molecule has 0 heterocycles. The number of benzene rings is 2. The molecule has 104 valence electrons. The van der Waals surface area contributed by atoms with Gasteiger partial charge in [-0.25, -0.2) is 8.78 Å². The molecule has 0 aliphatic carbocycles. The van der Waals surface area contributed by atoms with Crippen molar-refractivity contribution in [2.75, 3.05) is 0 Å². The van der Waals surface area contributed by atoms with Crippen LogP contribution in [0.15, 0.2) is 36.4 Å². The highest BCUT2D eigenvalue weighted by Gasteiger charge is 2.16. The average Bonchev–Trinajstić information content (AvgIpc) is 2.43. The summed E-state index contributed by atoms with van der Waals surface area (Å²) in [6, 6.07) is 9.17. The first-order valence-electron chi connectivity index (χ1n) is 6.62. The van der Waals surface area contributed by atoms with Crippen LogP contribution >= 0.6 is 0 Å². The summed E-state index contributed by atoms with van der Waals surface area (Å²) in [5, 5.41) is 0. The molecule has 0 unspecified atom stereocenters. The van der Waals surface area contributed by atoms with Gasteiger partial charge in [0.25, 0.3) is 0 Å². The van der Waals surface area contributed by atoms with Gasteiger partial charge in [0.1, 0.15) is 11.6 Å². The summed E-state index contributed by atoms with van der Waals surface area (Å²) in [5.74, 6) is -1.87. The lowest BCUT2D eigenvalue weighted by Crippen LogP contribution is -2.06. The van der Waals surface area contributed by atoms with Crippen LogP contribution < -0.4 is 0 Å². The van der Waals surface area contributed by atoms with Gasteiger partial charge in [-0.05, 0) is 36.6 Å². The number of hydrogen-bond donors (Lipinski definition) is 0. The number of carbonyl (C=O) groups excluding carboxylic acids is 1. The third-order valence-electron chi connectivity index (χ3n) is 3.22. The molecule has 0 aliphatic rings. The van der Waals surface area contributed by atoms with Crippen LogP contribution in [0.3, 0.4) is 0 Å². The molecular weight excluding hydrogens is 258 g/mol. The molecule has 0 atom stereocenters. The highest BCUT2D eigenvalue weighted by molar-refractivity contribution is 6.09. The second-order valence-corrected chi connectivity index (χ2v) is 4.86. The highest BCUT2D eigenvalue weighted by Crippen LogP contribution is 2.19. The van der Waals surface area contributed by atoms with Crippen molar-refractivity contribution in [3.05, 3.63) is 70.3 Å². The van der Waals surface area contributed by atoms with Gasteiger partial charge in [-0.3, -0.25) is 4.79 Å². The summed E-state index contributed by atoms with van der Waals surface area (Å²) in [7, 11) is 0. The first-order valence-corrected chi connectivity index (χ1v) is 6.62. The Kier molecular flexibility index (Phi) is 4.28. The van der Waals surface area contributed by atoms with Crippen LogP contribution in [-0.4, -0.2) is 5.78 Å². The maximum Gasteiger partial charge on any atom is 0.195 e. The topological polar surface area (TPSA) is 17.1 Å². The van der Waals surface area contributed by atoms with Crippen molar-refractivity contribution in [2.45, 2.75) is 26.7 Å². The molecule has 0 bridgehead atoms. The predicted octanol–water partition coefficient (Wildman–Crippen LogP) is 4.46. The van der Waals surface area contributed by atoms with E-state index in [0.717, 1.165) is 24.5 Å². The number of ketones is 1. The molecule has 0 radical (unpaired) electrons. The molecule has 2 rings (SSSR count). The van der Waals surface area contributed by atoms with Crippen LogP contribution in [-0.2, 0) is 6.42 Å². The Bertz CT molecular complexity index is 647. The zero-order valence-corrected chi connectivity index (χ0v) is 11.5. The largest absolute Gasteiger partial charge is 0.288 e. The van der Waals surface area contributed by atoms with Gasteiger partial charge in [0, 0.05) is 11.6 Å². The predicted molar refractivity (Wildman–Crippen MR) is 75.0 cm³/mol. The Labute approximate surface area is 117 Å². The normalized spacial score (nSPS) is 10.6. The van der Waals surface area contributed by atoms with Crippen molar-refractivity contribution < 1.29 is 13.6 Å². The van der Waals surface area contributed by atoms with Crippen LogP contribution in [0.25, 0.3) is 0 Å². The van der Waals surface area contributed by atoms with E-state index in [-0.39, 0.29) is 11.1 Å². The minimum absolute atomic E-state index is 0.0856. The SMILES string of the molecule is CCCc1cccc(C(=O)c2cc(C)c(F)cc2F)c1. The van der Waals surface area contributed by atoms with Crippen molar-refractivity contribution in [1.82, 2.24) is 0 Å². The standard InChI is InChI=1S/C17H16F2O/c1-3-5-12-6-4-7-13(9-12)17(20)14-8-11(2)15(18)10-16(14)19/h4,6-10H,3,5H2,1-2H3. The van der Waals surface area contributed by atoms with Gasteiger partial charge in [0.15, 0.2) is 5.78 Å². The number of rotatable bonds is 4. The maximum atomic E-state index is 13.8. The van der Waals surface area contributed by atoms with Crippen molar-refractivity contribution in [3.63, 3.8) is 0 Å². The summed E-state index contributed by atoms with van der Waals surface area (Å²) < 4.78 is 27.0. The Morgan fingerprint density at radius 3 is 2.55 bits per heavy atom. The fraction of sp³-hybridized carbons (Fsp3) is 0.235. The monoisotopic (exact) mass is 274 g/mol. The zero-order valence-electron chi connectivity index (χ0n) is 11.5. The first-order chi connectivity index (χ1) is 9.52. The summed E-state index contributed by atoms with van der Waals surface area (Å²) in [6.07, 6.45) is 1.84. The Hall–Kier alpha value is -2.03. The van der Waals surface area contributed by atoms with Crippen molar-refractivity contribution in [1.29, 1.82) is 0 Å². The molecule has 0 fully saturated rings. The van der Waals surface area contributed by atoms with E-state index in [9.17, 15) is 13.6 Å². The van der Waals surface area contributed by atoms with E-state index in [1.165, 1.54) is 13.0 Å². The number of hydrogen-bond acceptors (Lipinski definition) is 1. The van der Waals surface area contributed by atoms with E-state index < -0.39 is 17.4 Å². The van der Waals surface area contributed by atoms with Crippen molar-refractivity contribution >= 4 is 5.78 Å². The third kappa shape index (κ3) is 2.93. The molecule has 0 saturated heterocycles. The number of carbonyl (C=O) groups is 1. The number of halogens is 2.